The third-order valence-corrected chi connectivity index (χ3v) is 2.53. The molecule has 0 spiro atoms. The summed E-state index contributed by atoms with van der Waals surface area (Å²) >= 11 is 0. The molecule has 0 bridgehead atoms. The highest BCUT2D eigenvalue weighted by Crippen LogP contribution is 2.18. The maximum atomic E-state index is 11.7. The van der Waals surface area contributed by atoms with Gasteiger partial charge in [-0.3, -0.25) is 10.1 Å². The molecule has 2 heterocycles. The van der Waals surface area contributed by atoms with Crippen LogP contribution in [-0.4, -0.2) is 21.3 Å². The highest BCUT2D eigenvalue weighted by molar-refractivity contribution is 6.00. The molecule has 7 heteroatoms. The molecule has 2 aromatic heterocycles. The van der Waals surface area contributed by atoms with E-state index in [-0.39, 0.29) is 17.8 Å². The van der Waals surface area contributed by atoms with E-state index >= 15 is 0 Å². The molecule has 3 aromatic rings. The summed E-state index contributed by atoms with van der Waals surface area (Å²) in [5, 5.41) is 13.4. The third kappa shape index (κ3) is 3.21. The maximum Gasteiger partial charge on any atom is 0.322 e. The SMILES string of the molecule is O=C(/C=C/c1ccccc1)Nc1nnc(-c2ccno2)o1. The summed E-state index contributed by atoms with van der Waals surface area (Å²) in [6.07, 6.45) is 4.52. The van der Waals surface area contributed by atoms with Gasteiger partial charge in [0.1, 0.15) is 0 Å². The van der Waals surface area contributed by atoms with Crippen molar-refractivity contribution in [3.63, 3.8) is 0 Å². The van der Waals surface area contributed by atoms with Gasteiger partial charge in [0.05, 0.1) is 6.20 Å². The second-order valence-electron chi connectivity index (χ2n) is 4.02. The molecule has 0 radical (unpaired) electrons. The monoisotopic (exact) mass is 282 g/mol. The van der Waals surface area contributed by atoms with Gasteiger partial charge >= 0.3 is 6.01 Å². The number of amides is 1. The first-order valence-corrected chi connectivity index (χ1v) is 6.10. The van der Waals surface area contributed by atoms with Crippen molar-refractivity contribution in [3.8, 4) is 11.7 Å². The number of rotatable bonds is 4. The summed E-state index contributed by atoms with van der Waals surface area (Å²) in [4.78, 5) is 11.7. The van der Waals surface area contributed by atoms with Crippen LogP contribution in [0.1, 0.15) is 5.56 Å². The number of nitrogens with one attached hydrogen (secondary N) is 1. The van der Waals surface area contributed by atoms with Crippen LogP contribution in [0, 0.1) is 0 Å². The van der Waals surface area contributed by atoms with Crippen molar-refractivity contribution in [2.45, 2.75) is 0 Å². The minimum Gasteiger partial charge on any atom is -0.400 e. The number of carbonyl (C=O) groups excluding carboxylic acids is 1. The third-order valence-electron chi connectivity index (χ3n) is 2.53. The van der Waals surface area contributed by atoms with E-state index in [1.54, 1.807) is 12.1 Å². The Morgan fingerprint density at radius 1 is 1.14 bits per heavy atom. The van der Waals surface area contributed by atoms with Crippen LogP contribution in [0.5, 0.6) is 0 Å². The fourth-order valence-electron chi connectivity index (χ4n) is 1.58. The van der Waals surface area contributed by atoms with Crippen molar-refractivity contribution < 1.29 is 13.7 Å². The molecule has 104 valence electrons. The van der Waals surface area contributed by atoms with E-state index in [1.807, 2.05) is 30.3 Å². The van der Waals surface area contributed by atoms with Crippen LogP contribution < -0.4 is 5.32 Å². The van der Waals surface area contributed by atoms with E-state index in [1.165, 1.54) is 12.3 Å². The Morgan fingerprint density at radius 2 is 2.00 bits per heavy atom. The van der Waals surface area contributed by atoms with Gasteiger partial charge in [0.2, 0.25) is 5.76 Å². The van der Waals surface area contributed by atoms with Crippen LogP contribution in [0.2, 0.25) is 0 Å². The number of aromatic nitrogens is 3. The van der Waals surface area contributed by atoms with Gasteiger partial charge in [-0.2, -0.15) is 0 Å². The minimum absolute atomic E-state index is 0.0101. The lowest BCUT2D eigenvalue weighted by molar-refractivity contribution is -0.112. The van der Waals surface area contributed by atoms with Crippen molar-refractivity contribution in [1.29, 1.82) is 0 Å². The Balaban J connectivity index is 1.64. The molecular formula is C14H10N4O3. The zero-order valence-electron chi connectivity index (χ0n) is 10.8. The molecule has 1 N–H and O–H groups in total. The second kappa shape index (κ2) is 5.83. The molecular weight excluding hydrogens is 272 g/mol. The molecule has 0 aliphatic carbocycles. The van der Waals surface area contributed by atoms with Gasteiger partial charge in [0.15, 0.2) is 0 Å². The van der Waals surface area contributed by atoms with Crippen LogP contribution in [-0.2, 0) is 4.79 Å². The topological polar surface area (TPSA) is 94.1 Å². The van der Waals surface area contributed by atoms with Gasteiger partial charge in [0, 0.05) is 12.1 Å². The highest BCUT2D eigenvalue weighted by Gasteiger charge is 2.12. The fourth-order valence-corrected chi connectivity index (χ4v) is 1.58. The van der Waals surface area contributed by atoms with Crippen molar-refractivity contribution in [2.75, 3.05) is 5.32 Å². The molecule has 0 aliphatic heterocycles. The number of hydrogen-bond acceptors (Lipinski definition) is 6. The lowest BCUT2D eigenvalue weighted by Gasteiger charge is -1.94. The Hall–Kier alpha value is -3.22. The standard InChI is InChI=1S/C14H10N4O3/c19-12(7-6-10-4-2-1-3-5-10)16-14-18-17-13(20-14)11-8-9-15-21-11/h1-9H,(H,16,18,19)/b7-6+. The summed E-state index contributed by atoms with van der Waals surface area (Å²) in [5.41, 5.74) is 0.917. The molecule has 0 atom stereocenters. The van der Waals surface area contributed by atoms with Crippen LogP contribution in [0.4, 0.5) is 6.01 Å². The predicted molar refractivity (Wildman–Crippen MR) is 73.9 cm³/mol. The molecule has 21 heavy (non-hydrogen) atoms. The second-order valence-corrected chi connectivity index (χ2v) is 4.02. The normalized spacial score (nSPS) is 10.9. The number of hydrogen-bond donors (Lipinski definition) is 1. The molecule has 1 amide bonds. The highest BCUT2D eigenvalue weighted by atomic mass is 16.5. The van der Waals surface area contributed by atoms with Gasteiger partial charge < -0.3 is 8.94 Å². The number of benzene rings is 1. The van der Waals surface area contributed by atoms with Crippen LogP contribution in [0.15, 0.2) is 57.6 Å². The van der Waals surface area contributed by atoms with E-state index in [4.69, 9.17) is 8.94 Å². The van der Waals surface area contributed by atoms with E-state index in [2.05, 4.69) is 20.7 Å². The van der Waals surface area contributed by atoms with E-state index in [0.29, 0.717) is 5.76 Å². The molecule has 7 nitrogen and oxygen atoms in total. The average molecular weight is 282 g/mol. The number of nitrogens with zero attached hydrogens (tertiary/aromatic N) is 3. The van der Waals surface area contributed by atoms with Crippen molar-refractivity contribution in [3.05, 3.63) is 54.2 Å². The Labute approximate surface area is 119 Å². The Kier molecular flexibility index (Phi) is 3.55. The minimum atomic E-state index is -0.369. The summed E-state index contributed by atoms with van der Waals surface area (Å²) in [5.74, 6) is 0.115. The first-order valence-electron chi connectivity index (χ1n) is 6.10. The number of carbonyl (C=O) groups is 1. The smallest absolute Gasteiger partial charge is 0.322 e. The van der Waals surface area contributed by atoms with E-state index in [9.17, 15) is 4.79 Å². The first-order chi connectivity index (χ1) is 10.3. The Bertz CT molecular complexity index is 748. The lowest BCUT2D eigenvalue weighted by atomic mass is 10.2. The molecule has 0 saturated carbocycles. The average Bonchev–Trinajstić information content (AvgIpc) is 3.17. The van der Waals surface area contributed by atoms with E-state index in [0.717, 1.165) is 5.56 Å². The quantitative estimate of drug-likeness (QED) is 0.738. The van der Waals surface area contributed by atoms with Crippen molar-refractivity contribution in [1.82, 2.24) is 15.4 Å². The zero-order chi connectivity index (χ0) is 14.5. The van der Waals surface area contributed by atoms with Crippen LogP contribution >= 0.6 is 0 Å². The molecule has 0 fully saturated rings. The van der Waals surface area contributed by atoms with Crippen molar-refractivity contribution in [2.24, 2.45) is 0 Å². The summed E-state index contributed by atoms with van der Waals surface area (Å²) < 4.78 is 10.1. The Morgan fingerprint density at radius 3 is 2.76 bits per heavy atom. The predicted octanol–water partition coefficient (Wildman–Crippen LogP) is 2.38. The van der Waals surface area contributed by atoms with Gasteiger partial charge in [-0.15, -0.1) is 5.10 Å². The maximum absolute atomic E-state index is 11.7. The van der Waals surface area contributed by atoms with Gasteiger partial charge in [-0.1, -0.05) is 40.6 Å². The lowest BCUT2D eigenvalue weighted by Crippen LogP contribution is -2.07. The summed E-state index contributed by atoms with van der Waals surface area (Å²) in [6, 6.07) is 11.0. The molecule has 0 unspecified atom stereocenters. The van der Waals surface area contributed by atoms with Crippen molar-refractivity contribution >= 4 is 18.0 Å². The van der Waals surface area contributed by atoms with Crippen LogP contribution in [0.3, 0.4) is 0 Å². The molecule has 3 rings (SSSR count). The molecule has 1 aromatic carbocycles. The summed E-state index contributed by atoms with van der Waals surface area (Å²) in [7, 11) is 0. The first kappa shape index (κ1) is 12.8. The van der Waals surface area contributed by atoms with Gasteiger partial charge in [-0.05, 0) is 11.6 Å². The number of anilines is 1. The largest absolute Gasteiger partial charge is 0.400 e. The molecule has 0 aliphatic rings. The fraction of sp³-hybridized carbons (Fsp3) is 0. The van der Waals surface area contributed by atoms with E-state index < -0.39 is 0 Å². The summed E-state index contributed by atoms with van der Waals surface area (Å²) in [6.45, 7) is 0. The van der Waals surface area contributed by atoms with Crippen LogP contribution in [0.25, 0.3) is 17.7 Å². The molecule has 0 saturated heterocycles. The van der Waals surface area contributed by atoms with Gasteiger partial charge in [0.25, 0.3) is 11.8 Å². The van der Waals surface area contributed by atoms with Gasteiger partial charge in [-0.25, -0.2) is 0 Å². The zero-order valence-corrected chi connectivity index (χ0v) is 10.8.